The van der Waals surface area contributed by atoms with Crippen LogP contribution in [0.15, 0.2) is 24.3 Å². The molecule has 2 aliphatic heterocycles. The van der Waals surface area contributed by atoms with Crippen LogP contribution in [0.3, 0.4) is 0 Å². The first kappa shape index (κ1) is 25.1. The first-order valence-electron chi connectivity index (χ1n) is 9.70. The number of halogens is 3. The normalized spacial score (nSPS) is 19.4. The molecule has 1 unspecified atom stereocenters. The molecule has 2 heterocycles. The molecule has 1 aromatic rings. The number of nitrogens with zero attached hydrogens (tertiary/aromatic N) is 2. The first-order valence-corrected chi connectivity index (χ1v) is 9.70. The van der Waals surface area contributed by atoms with Gasteiger partial charge in [0.1, 0.15) is 11.9 Å². The molecule has 0 radical (unpaired) electrons. The Morgan fingerprint density at radius 2 is 1.82 bits per heavy atom. The third-order valence-corrected chi connectivity index (χ3v) is 5.57. The Morgan fingerprint density at radius 3 is 2.43 bits per heavy atom. The first-order chi connectivity index (χ1) is 12.7. The zero-order valence-corrected chi connectivity index (χ0v) is 18.1. The molecule has 0 aromatic heterocycles. The van der Waals surface area contributed by atoms with Gasteiger partial charge in [-0.3, -0.25) is 9.69 Å². The highest BCUT2D eigenvalue weighted by atomic mass is 35.5. The summed E-state index contributed by atoms with van der Waals surface area (Å²) in [6.45, 7) is 5.04. The minimum atomic E-state index is -0.547. The lowest BCUT2D eigenvalue weighted by atomic mass is 9.92. The minimum Gasteiger partial charge on any atom is -0.379 e. The summed E-state index contributed by atoms with van der Waals surface area (Å²) in [5, 5.41) is 3.20. The Hall–Kier alpha value is -0.920. The molecule has 1 atom stereocenters. The Kier molecular flexibility index (Phi) is 11.3. The molecule has 0 aliphatic carbocycles. The summed E-state index contributed by atoms with van der Waals surface area (Å²) in [5.74, 6) is 0.395. The minimum absolute atomic E-state index is 0. The number of hydrogen-bond acceptors (Lipinski definition) is 4. The van der Waals surface area contributed by atoms with Crippen LogP contribution in [-0.4, -0.2) is 68.7 Å². The average Bonchev–Trinajstić information content (AvgIpc) is 2.69. The largest absolute Gasteiger partial charge is 0.379 e. The fourth-order valence-electron chi connectivity index (χ4n) is 3.98. The van der Waals surface area contributed by atoms with E-state index in [1.165, 1.54) is 6.07 Å². The number of piperidine rings is 1. The van der Waals surface area contributed by atoms with Gasteiger partial charge in [-0.15, -0.1) is 24.8 Å². The van der Waals surface area contributed by atoms with Crippen LogP contribution in [0.4, 0.5) is 4.39 Å². The lowest BCUT2D eigenvalue weighted by Gasteiger charge is -2.39. The third-order valence-electron chi connectivity index (χ3n) is 5.57. The van der Waals surface area contributed by atoms with Crippen LogP contribution in [0.1, 0.15) is 30.9 Å². The van der Waals surface area contributed by atoms with Gasteiger partial charge in [-0.2, -0.15) is 0 Å². The van der Waals surface area contributed by atoms with E-state index in [9.17, 15) is 9.18 Å². The quantitative estimate of drug-likeness (QED) is 0.745. The van der Waals surface area contributed by atoms with Gasteiger partial charge in [-0.05, 0) is 44.8 Å². The van der Waals surface area contributed by atoms with Gasteiger partial charge in [0.2, 0.25) is 5.91 Å². The summed E-state index contributed by atoms with van der Waals surface area (Å²) in [6.07, 6.45) is 3.21. The Morgan fingerprint density at radius 1 is 1.18 bits per heavy atom. The molecule has 8 heteroatoms. The van der Waals surface area contributed by atoms with Crippen LogP contribution < -0.4 is 5.32 Å². The Balaban J connectivity index is 0.00000196. The zero-order chi connectivity index (χ0) is 18.4. The summed E-state index contributed by atoms with van der Waals surface area (Å²) < 4.78 is 19.9. The van der Waals surface area contributed by atoms with Crippen molar-refractivity contribution in [1.29, 1.82) is 0 Å². The maximum atomic E-state index is 14.5. The van der Waals surface area contributed by atoms with Gasteiger partial charge in [-0.25, -0.2) is 4.39 Å². The van der Waals surface area contributed by atoms with E-state index in [0.717, 1.165) is 38.9 Å². The van der Waals surface area contributed by atoms with Crippen molar-refractivity contribution in [3.05, 3.63) is 35.6 Å². The van der Waals surface area contributed by atoms with Crippen LogP contribution in [0.5, 0.6) is 0 Å². The molecular formula is C20H32Cl2FN3O2. The molecule has 160 valence electrons. The number of rotatable bonds is 6. The number of carbonyl (C=O) groups excluding carboxylic acids is 1. The Bertz CT molecular complexity index is 595. The predicted molar refractivity (Wildman–Crippen MR) is 114 cm³/mol. The highest BCUT2D eigenvalue weighted by Gasteiger charge is 2.35. The van der Waals surface area contributed by atoms with Gasteiger partial charge < -0.3 is 15.0 Å². The van der Waals surface area contributed by atoms with Crippen molar-refractivity contribution in [2.45, 2.75) is 25.3 Å². The third kappa shape index (κ3) is 6.29. The molecule has 0 saturated carbocycles. The van der Waals surface area contributed by atoms with Gasteiger partial charge >= 0.3 is 0 Å². The average molecular weight is 436 g/mol. The van der Waals surface area contributed by atoms with Gasteiger partial charge in [0.15, 0.2) is 0 Å². The fraction of sp³-hybridized carbons (Fsp3) is 0.650. The molecule has 5 nitrogen and oxygen atoms in total. The van der Waals surface area contributed by atoms with Crippen molar-refractivity contribution >= 4 is 30.7 Å². The Labute approximate surface area is 179 Å². The summed E-state index contributed by atoms with van der Waals surface area (Å²) >= 11 is 0. The number of carbonyl (C=O) groups is 1. The topological polar surface area (TPSA) is 44.8 Å². The molecular weight excluding hydrogens is 404 g/mol. The number of benzene rings is 1. The molecule has 1 N–H and O–H groups in total. The highest BCUT2D eigenvalue weighted by Crippen LogP contribution is 2.29. The second kappa shape index (κ2) is 12.6. The molecule has 0 bridgehead atoms. The second-order valence-electron chi connectivity index (χ2n) is 7.23. The lowest BCUT2D eigenvalue weighted by Crippen LogP contribution is -2.49. The summed E-state index contributed by atoms with van der Waals surface area (Å²) in [5.41, 5.74) is 0.483. The van der Waals surface area contributed by atoms with E-state index in [4.69, 9.17) is 4.74 Å². The van der Waals surface area contributed by atoms with Crippen LogP contribution >= 0.6 is 24.8 Å². The van der Waals surface area contributed by atoms with Crippen molar-refractivity contribution in [1.82, 2.24) is 15.1 Å². The highest BCUT2D eigenvalue weighted by molar-refractivity contribution is 5.85. The molecule has 1 amide bonds. The number of hydrogen-bond donors (Lipinski definition) is 1. The lowest BCUT2D eigenvalue weighted by molar-refractivity contribution is -0.140. The van der Waals surface area contributed by atoms with Gasteiger partial charge in [0.05, 0.1) is 13.2 Å². The molecule has 2 aliphatic rings. The van der Waals surface area contributed by atoms with Gasteiger partial charge in [0.25, 0.3) is 0 Å². The summed E-state index contributed by atoms with van der Waals surface area (Å²) in [7, 11) is 1.97. The second-order valence-corrected chi connectivity index (χ2v) is 7.23. The summed E-state index contributed by atoms with van der Waals surface area (Å²) in [4.78, 5) is 17.3. The monoisotopic (exact) mass is 435 g/mol. The van der Waals surface area contributed by atoms with E-state index in [-0.39, 0.29) is 36.5 Å². The van der Waals surface area contributed by atoms with E-state index in [1.54, 1.807) is 12.1 Å². The van der Waals surface area contributed by atoms with Crippen LogP contribution in [0.25, 0.3) is 0 Å². The molecule has 3 rings (SSSR count). The van der Waals surface area contributed by atoms with Gasteiger partial charge in [-0.1, -0.05) is 18.2 Å². The van der Waals surface area contributed by atoms with E-state index >= 15 is 0 Å². The van der Waals surface area contributed by atoms with Crippen LogP contribution in [0.2, 0.25) is 0 Å². The van der Waals surface area contributed by atoms with Crippen molar-refractivity contribution in [3.63, 3.8) is 0 Å². The molecule has 2 saturated heterocycles. The number of morpholine rings is 1. The fourth-order valence-corrected chi connectivity index (χ4v) is 3.98. The SMILES string of the molecule is CNCCC1CCN(C(=O)C(c2ccccc2F)N2CCOCC2)CC1.Cl.Cl. The van der Waals surface area contributed by atoms with Crippen molar-refractivity contribution in [2.75, 3.05) is 53.0 Å². The van der Waals surface area contributed by atoms with Crippen LogP contribution in [-0.2, 0) is 9.53 Å². The van der Waals surface area contributed by atoms with E-state index in [1.807, 2.05) is 18.0 Å². The maximum absolute atomic E-state index is 14.5. The van der Waals surface area contributed by atoms with Crippen molar-refractivity contribution < 1.29 is 13.9 Å². The van der Waals surface area contributed by atoms with Gasteiger partial charge in [0, 0.05) is 31.7 Å². The maximum Gasteiger partial charge on any atom is 0.244 e. The number of amides is 1. The van der Waals surface area contributed by atoms with E-state index in [2.05, 4.69) is 10.2 Å². The molecule has 28 heavy (non-hydrogen) atoms. The standard InChI is InChI=1S/C20H30FN3O2.2ClH/c1-22-9-6-16-7-10-24(11-8-16)20(25)19(23-12-14-26-15-13-23)17-4-2-3-5-18(17)21;;/h2-5,16,19,22H,6-15H2,1H3;2*1H. The smallest absolute Gasteiger partial charge is 0.244 e. The zero-order valence-electron chi connectivity index (χ0n) is 16.4. The predicted octanol–water partition coefficient (Wildman–Crippen LogP) is 2.89. The van der Waals surface area contributed by atoms with E-state index in [0.29, 0.717) is 37.8 Å². The van der Waals surface area contributed by atoms with Crippen molar-refractivity contribution in [3.8, 4) is 0 Å². The molecule has 0 spiro atoms. The molecule has 1 aromatic carbocycles. The van der Waals surface area contributed by atoms with Crippen LogP contribution in [0, 0.1) is 11.7 Å². The number of nitrogens with one attached hydrogen (secondary N) is 1. The van der Waals surface area contributed by atoms with E-state index < -0.39 is 6.04 Å². The molecule has 2 fully saturated rings. The van der Waals surface area contributed by atoms with Crippen molar-refractivity contribution in [2.24, 2.45) is 5.92 Å². The summed E-state index contributed by atoms with van der Waals surface area (Å²) in [6, 6.07) is 6.12. The number of likely N-dealkylation sites (tertiary alicyclic amines) is 1. The number of ether oxygens (including phenoxy) is 1.